The molecule has 0 saturated heterocycles. The molecule has 0 saturated carbocycles. The summed E-state index contributed by atoms with van der Waals surface area (Å²) in [6.45, 7) is 7.83. The van der Waals surface area contributed by atoms with Crippen molar-refractivity contribution in [1.82, 2.24) is 0 Å². The molecule has 0 spiro atoms. The lowest BCUT2D eigenvalue weighted by atomic mass is 11.9. The Morgan fingerprint density at radius 1 is 0.909 bits per heavy atom. The van der Waals surface area contributed by atoms with Gasteiger partial charge in [-0.3, -0.25) is 4.57 Å². The highest BCUT2D eigenvalue weighted by molar-refractivity contribution is 7.61. The molecule has 5 heteroatoms. The maximum Gasteiger partial charge on any atom is 0.194 e. The van der Waals surface area contributed by atoms with E-state index in [2.05, 4.69) is 0 Å². The lowest BCUT2D eigenvalue weighted by Crippen LogP contribution is -1.62. The molecule has 0 heterocycles. The summed E-state index contributed by atoms with van der Waals surface area (Å²) in [6.07, 6.45) is 0. The molecule has 0 aromatic rings. The highest BCUT2D eigenvalue weighted by atomic mass is 31.2. The Balaban J connectivity index is -0.000000107. The zero-order valence-corrected chi connectivity index (χ0v) is 8.95. The van der Waals surface area contributed by atoms with Crippen molar-refractivity contribution < 1.29 is 14.0 Å². The van der Waals surface area contributed by atoms with Gasteiger partial charge in [-0.2, -0.15) is 0 Å². The van der Waals surface area contributed by atoms with Crippen molar-refractivity contribution in [2.75, 3.05) is 33.3 Å². The van der Waals surface area contributed by atoms with E-state index in [1.807, 2.05) is 0 Å². The minimum absolute atomic E-state index is 0. The van der Waals surface area contributed by atoms with E-state index in [9.17, 15) is 9.13 Å². The molecule has 72 valence electrons. The van der Waals surface area contributed by atoms with Crippen LogP contribution >= 0.6 is 14.5 Å². The smallest absolute Gasteiger partial charge is 0.194 e. The first-order valence-electron chi connectivity index (χ1n) is 2.80. The molecule has 0 fully saturated rings. The molecular weight excluding hydrogens is 182 g/mol. The van der Waals surface area contributed by atoms with Crippen LogP contribution in [0.15, 0.2) is 0 Å². The second kappa shape index (κ2) is 5.99. The average Bonchev–Trinajstić information content (AvgIpc) is 1.12. The van der Waals surface area contributed by atoms with E-state index in [0.717, 1.165) is 0 Å². The van der Waals surface area contributed by atoms with E-state index in [-0.39, 0.29) is 7.43 Å². The van der Waals surface area contributed by atoms with E-state index in [0.29, 0.717) is 0 Å². The molecule has 1 N–H and O–H groups in total. The van der Waals surface area contributed by atoms with Crippen LogP contribution in [0.3, 0.4) is 0 Å². The van der Waals surface area contributed by atoms with Gasteiger partial charge >= 0.3 is 0 Å². The van der Waals surface area contributed by atoms with Crippen molar-refractivity contribution in [3.8, 4) is 0 Å². The Kier molecular flexibility index (Phi) is 9.53. The van der Waals surface area contributed by atoms with Crippen molar-refractivity contribution in [2.45, 2.75) is 7.43 Å². The Morgan fingerprint density at radius 2 is 0.909 bits per heavy atom. The van der Waals surface area contributed by atoms with E-state index < -0.39 is 14.5 Å². The normalized spacial score (nSPS) is 10.7. The molecule has 0 aliphatic heterocycles. The molecule has 0 atom stereocenters. The van der Waals surface area contributed by atoms with Gasteiger partial charge in [-0.15, -0.1) is 0 Å². The maximum atomic E-state index is 10.2. The number of hydrogen-bond acceptors (Lipinski definition) is 2. The Bertz CT molecular complexity index is 128. The van der Waals surface area contributed by atoms with Crippen molar-refractivity contribution in [3.63, 3.8) is 0 Å². The summed E-state index contributed by atoms with van der Waals surface area (Å²) in [6, 6.07) is 0. The molecule has 0 amide bonds. The third-order valence-electron chi connectivity index (χ3n) is 0. The van der Waals surface area contributed by atoms with Crippen LogP contribution in [0.5, 0.6) is 0 Å². The first kappa shape index (κ1) is 17.5. The van der Waals surface area contributed by atoms with Gasteiger partial charge in [0.2, 0.25) is 0 Å². The van der Waals surface area contributed by atoms with Crippen LogP contribution in [0.2, 0.25) is 0 Å². The summed E-state index contributed by atoms with van der Waals surface area (Å²) in [5, 5.41) is 0. The van der Waals surface area contributed by atoms with Gasteiger partial charge in [0.05, 0.1) is 7.14 Å². The van der Waals surface area contributed by atoms with Gasteiger partial charge in [0.1, 0.15) is 0 Å². The van der Waals surface area contributed by atoms with E-state index in [1.54, 1.807) is 20.0 Å². The predicted molar refractivity (Wildman–Crippen MR) is 53.8 cm³/mol. The van der Waals surface area contributed by atoms with E-state index >= 15 is 0 Å². The summed E-state index contributed by atoms with van der Waals surface area (Å²) in [4.78, 5) is 8.08. The lowest BCUT2D eigenvalue weighted by molar-refractivity contribution is 0.492. The SMILES string of the molecule is C.CP(C)(=O)O.CP(C)(C)=O. The van der Waals surface area contributed by atoms with Crippen LogP contribution < -0.4 is 0 Å². The summed E-state index contributed by atoms with van der Waals surface area (Å²) in [7, 11) is -4.28. The van der Waals surface area contributed by atoms with E-state index in [1.165, 1.54) is 13.3 Å². The largest absolute Gasteiger partial charge is 0.345 e. The van der Waals surface area contributed by atoms with E-state index in [4.69, 9.17) is 4.89 Å². The van der Waals surface area contributed by atoms with Crippen molar-refractivity contribution in [1.29, 1.82) is 0 Å². The van der Waals surface area contributed by atoms with Gasteiger partial charge in [-0.05, 0) is 20.0 Å². The molecule has 0 aromatic heterocycles. The van der Waals surface area contributed by atoms with Gasteiger partial charge in [-0.1, -0.05) is 7.43 Å². The summed E-state index contributed by atoms with van der Waals surface area (Å²) in [5.74, 6) is 0. The molecule has 0 rings (SSSR count). The quantitative estimate of drug-likeness (QED) is 0.613. The van der Waals surface area contributed by atoms with Crippen molar-refractivity contribution >= 4 is 14.5 Å². The molecule has 0 aliphatic rings. The standard InChI is InChI=1S/C3H9OP.C2H7O2P.CH4/c2*1-5(2,3)4;/h1-3H3;1-2H3,(H,3,4);1H4. The van der Waals surface area contributed by atoms with Crippen LogP contribution in [-0.2, 0) is 9.13 Å². The fourth-order valence-electron chi connectivity index (χ4n) is 0. The fourth-order valence-corrected chi connectivity index (χ4v) is 0. The topological polar surface area (TPSA) is 54.4 Å². The van der Waals surface area contributed by atoms with Gasteiger partial charge in [-0.25, -0.2) is 0 Å². The van der Waals surface area contributed by atoms with Gasteiger partial charge in [0, 0.05) is 13.3 Å². The highest BCUT2D eigenvalue weighted by Crippen LogP contribution is 2.28. The number of rotatable bonds is 0. The molecule has 11 heavy (non-hydrogen) atoms. The summed E-state index contributed by atoms with van der Waals surface area (Å²) >= 11 is 0. The molecular formula is C6H20O3P2. The zero-order chi connectivity index (χ0) is 9.00. The maximum absolute atomic E-state index is 10.2. The van der Waals surface area contributed by atoms with Gasteiger partial charge in [0.25, 0.3) is 0 Å². The first-order chi connectivity index (χ1) is 4.00. The summed E-state index contributed by atoms with van der Waals surface area (Å²) < 4.78 is 20.0. The minimum Gasteiger partial charge on any atom is -0.345 e. The van der Waals surface area contributed by atoms with Crippen molar-refractivity contribution in [3.05, 3.63) is 0 Å². The Labute approximate surface area is 70.0 Å². The molecule has 0 radical (unpaired) electrons. The molecule has 0 aromatic carbocycles. The highest BCUT2D eigenvalue weighted by Gasteiger charge is 1.92. The predicted octanol–water partition coefficient (Wildman–Crippen LogP) is 2.39. The van der Waals surface area contributed by atoms with Crippen LogP contribution in [-0.4, -0.2) is 38.2 Å². The number of hydrogen-bond donors (Lipinski definition) is 1. The van der Waals surface area contributed by atoms with Crippen LogP contribution in [0.1, 0.15) is 7.43 Å². The van der Waals surface area contributed by atoms with Crippen LogP contribution in [0.4, 0.5) is 0 Å². The third-order valence-corrected chi connectivity index (χ3v) is 0. The lowest BCUT2D eigenvalue weighted by Gasteiger charge is -1.86. The van der Waals surface area contributed by atoms with Gasteiger partial charge < -0.3 is 9.46 Å². The molecule has 0 unspecified atom stereocenters. The summed E-state index contributed by atoms with van der Waals surface area (Å²) in [5.41, 5.74) is 0. The molecule has 0 bridgehead atoms. The molecule has 3 nitrogen and oxygen atoms in total. The minimum atomic E-state index is -2.64. The first-order valence-corrected chi connectivity index (χ1v) is 8.40. The average molecular weight is 202 g/mol. The van der Waals surface area contributed by atoms with Crippen LogP contribution in [0, 0.1) is 0 Å². The Hall–Kier alpha value is 0.420. The second-order valence-electron chi connectivity index (χ2n) is 3.18. The molecule has 0 aliphatic carbocycles. The second-order valence-corrected chi connectivity index (χ2v) is 9.55. The Morgan fingerprint density at radius 3 is 0.909 bits per heavy atom. The fraction of sp³-hybridized carbons (Fsp3) is 1.00. The third kappa shape index (κ3) is 4190. The van der Waals surface area contributed by atoms with Crippen molar-refractivity contribution in [2.24, 2.45) is 0 Å². The van der Waals surface area contributed by atoms with Gasteiger partial charge in [0.15, 0.2) is 7.37 Å². The van der Waals surface area contributed by atoms with Crippen LogP contribution in [0.25, 0.3) is 0 Å². The zero-order valence-electron chi connectivity index (χ0n) is 7.16. The monoisotopic (exact) mass is 202 g/mol.